The van der Waals surface area contributed by atoms with E-state index >= 15 is 0 Å². The highest BCUT2D eigenvalue weighted by atomic mass is 16.3. The number of aryl methyl sites for hydroxylation is 2. The second kappa shape index (κ2) is 5.70. The first-order valence-electron chi connectivity index (χ1n) is 8.14. The zero-order chi connectivity index (χ0) is 17.6. The lowest BCUT2D eigenvalue weighted by atomic mass is 9.92. The summed E-state index contributed by atoms with van der Waals surface area (Å²) < 4.78 is 1.86. The van der Waals surface area contributed by atoms with Crippen molar-refractivity contribution in [3.05, 3.63) is 29.6 Å². The maximum atomic E-state index is 12.2. The minimum Gasteiger partial charge on any atom is -0.389 e. The molecule has 1 atom stereocenters. The molecule has 1 unspecified atom stereocenters. The van der Waals surface area contributed by atoms with Crippen molar-refractivity contribution in [1.82, 2.24) is 14.5 Å². The Morgan fingerprint density at radius 3 is 2.50 bits per heavy atom. The number of benzene rings is 1. The van der Waals surface area contributed by atoms with E-state index in [1.165, 1.54) is 10.5 Å². The van der Waals surface area contributed by atoms with Gasteiger partial charge in [0.15, 0.2) is 0 Å². The average Bonchev–Trinajstić information content (AvgIpc) is 2.93. The molecular formula is C18H23N3O3. The fourth-order valence-electron chi connectivity index (χ4n) is 3.17. The van der Waals surface area contributed by atoms with Crippen LogP contribution in [-0.4, -0.2) is 44.0 Å². The first-order chi connectivity index (χ1) is 11.2. The van der Waals surface area contributed by atoms with Gasteiger partial charge in [-0.3, -0.25) is 14.5 Å². The topological polar surface area (TPSA) is 75.4 Å². The van der Waals surface area contributed by atoms with Gasteiger partial charge in [-0.15, -0.1) is 0 Å². The van der Waals surface area contributed by atoms with Crippen LogP contribution in [-0.2, 0) is 16.1 Å². The summed E-state index contributed by atoms with van der Waals surface area (Å²) in [5.41, 5.74) is 3.47. The summed E-state index contributed by atoms with van der Waals surface area (Å²) in [5.74, 6) is -0.431. The van der Waals surface area contributed by atoms with Crippen molar-refractivity contribution < 1.29 is 14.7 Å². The van der Waals surface area contributed by atoms with Crippen molar-refractivity contribution in [3.63, 3.8) is 0 Å². The highest BCUT2D eigenvalue weighted by molar-refractivity contribution is 6.05. The normalized spacial score (nSPS) is 18.6. The number of hydrogen-bond donors (Lipinski definition) is 1. The van der Waals surface area contributed by atoms with Crippen molar-refractivity contribution in [3.8, 4) is 0 Å². The largest absolute Gasteiger partial charge is 0.389 e. The molecule has 1 N–H and O–H groups in total. The third-order valence-electron chi connectivity index (χ3n) is 4.76. The number of fused-ring (bicyclic) bond motifs is 1. The molecule has 0 spiro atoms. The lowest BCUT2D eigenvalue weighted by molar-refractivity contribution is -0.142. The van der Waals surface area contributed by atoms with Gasteiger partial charge in [0.1, 0.15) is 0 Å². The van der Waals surface area contributed by atoms with Crippen LogP contribution in [0, 0.1) is 19.3 Å². The number of aliphatic hydroxyl groups is 1. The van der Waals surface area contributed by atoms with Gasteiger partial charge < -0.3 is 9.67 Å². The maximum Gasteiger partial charge on any atom is 0.235 e. The van der Waals surface area contributed by atoms with Crippen LogP contribution in [0.2, 0.25) is 0 Å². The molecule has 2 aromatic rings. The van der Waals surface area contributed by atoms with E-state index in [0.29, 0.717) is 0 Å². The van der Waals surface area contributed by atoms with Crippen LogP contribution in [0.25, 0.3) is 11.0 Å². The molecule has 0 bridgehead atoms. The predicted octanol–water partition coefficient (Wildman–Crippen LogP) is 1.80. The molecule has 1 aliphatic heterocycles. The molecule has 1 aromatic heterocycles. The number of β-amino-alcohol motifs (C(OH)–C–C–N with tert-alkyl or cyclic N) is 1. The van der Waals surface area contributed by atoms with Gasteiger partial charge in [0, 0.05) is 6.42 Å². The Balaban J connectivity index is 1.76. The highest BCUT2D eigenvalue weighted by Crippen LogP contribution is 2.31. The number of likely N-dealkylation sites (tertiary alicyclic amines) is 1. The Morgan fingerprint density at radius 1 is 1.21 bits per heavy atom. The summed E-state index contributed by atoms with van der Waals surface area (Å²) in [4.78, 5) is 29.8. The van der Waals surface area contributed by atoms with E-state index in [1.54, 1.807) is 20.2 Å². The average molecular weight is 329 g/mol. The summed E-state index contributed by atoms with van der Waals surface area (Å²) >= 11 is 0. The molecule has 1 aromatic carbocycles. The SMILES string of the molecule is Cc1cc2ncn(CC(O)CN3C(=O)CC(C)(C)C3=O)c2cc1C. The van der Waals surface area contributed by atoms with Crippen molar-refractivity contribution in [2.24, 2.45) is 5.41 Å². The van der Waals surface area contributed by atoms with Crippen LogP contribution in [0.15, 0.2) is 18.5 Å². The van der Waals surface area contributed by atoms with Crippen LogP contribution < -0.4 is 0 Å². The number of rotatable bonds is 4. The number of imidazole rings is 1. The molecule has 24 heavy (non-hydrogen) atoms. The van der Waals surface area contributed by atoms with E-state index in [4.69, 9.17) is 0 Å². The van der Waals surface area contributed by atoms with E-state index in [-0.39, 0.29) is 31.3 Å². The van der Waals surface area contributed by atoms with Crippen LogP contribution in [0.1, 0.15) is 31.4 Å². The summed E-state index contributed by atoms with van der Waals surface area (Å²) in [7, 11) is 0. The minimum atomic E-state index is -0.828. The van der Waals surface area contributed by atoms with Crippen molar-refractivity contribution in [1.29, 1.82) is 0 Å². The summed E-state index contributed by atoms with van der Waals surface area (Å²) in [6, 6.07) is 4.06. The number of carbonyl (C=O) groups is 2. The maximum absolute atomic E-state index is 12.2. The van der Waals surface area contributed by atoms with Crippen molar-refractivity contribution in [2.75, 3.05) is 6.54 Å². The highest BCUT2D eigenvalue weighted by Gasteiger charge is 2.45. The molecule has 3 rings (SSSR count). The smallest absolute Gasteiger partial charge is 0.235 e. The molecule has 6 nitrogen and oxygen atoms in total. The molecule has 1 aliphatic rings. The van der Waals surface area contributed by atoms with E-state index in [1.807, 2.05) is 30.5 Å². The number of aromatic nitrogens is 2. The van der Waals surface area contributed by atoms with Crippen molar-refractivity contribution >= 4 is 22.8 Å². The standard InChI is InChI=1S/C18H23N3O3/c1-11-5-14-15(6-12(11)2)20(10-19-14)8-13(22)9-21-16(23)7-18(3,4)17(21)24/h5-6,10,13,22H,7-9H2,1-4H3. The van der Waals surface area contributed by atoms with E-state index in [9.17, 15) is 14.7 Å². The lowest BCUT2D eigenvalue weighted by Gasteiger charge is -2.21. The molecule has 6 heteroatoms. The van der Waals surface area contributed by atoms with Gasteiger partial charge in [-0.25, -0.2) is 4.98 Å². The van der Waals surface area contributed by atoms with Crippen LogP contribution in [0.4, 0.5) is 0 Å². The van der Waals surface area contributed by atoms with Gasteiger partial charge in [-0.05, 0) is 37.1 Å². The molecule has 1 fully saturated rings. The van der Waals surface area contributed by atoms with Crippen LogP contribution >= 0.6 is 0 Å². The number of imide groups is 1. The van der Waals surface area contributed by atoms with Gasteiger partial charge in [-0.2, -0.15) is 0 Å². The predicted molar refractivity (Wildman–Crippen MR) is 90.3 cm³/mol. The third-order valence-corrected chi connectivity index (χ3v) is 4.76. The first kappa shape index (κ1) is 16.6. The number of carbonyl (C=O) groups excluding carboxylic acids is 2. The number of hydrogen-bond acceptors (Lipinski definition) is 4. The fraction of sp³-hybridized carbons (Fsp3) is 0.500. The number of nitrogens with zero attached hydrogens (tertiary/aromatic N) is 3. The molecule has 128 valence electrons. The monoisotopic (exact) mass is 329 g/mol. The third kappa shape index (κ3) is 2.82. The summed E-state index contributed by atoms with van der Waals surface area (Å²) in [6.45, 7) is 7.89. The van der Waals surface area contributed by atoms with Gasteiger partial charge in [0.2, 0.25) is 11.8 Å². The zero-order valence-electron chi connectivity index (χ0n) is 14.5. The Morgan fingerprint density at radius 2 is 1.88 bits per heavy atom. The molecular weight excluding hydrogens is 306 g/mol. The molecule has 2 heterocycles. The fourth-order valence-corrected chi connectivity index (χ4v) is 3.17. The number of amides is 2. The molecule has 0 saturated carbocycles. The van der Waals surface area contributed by atoms with Crippen LogP contribution in [0.3, 0.4) is 0 Å². The lowest BCUT2D eigenvalue weighted by Crippen LogP contribution is -2.40. The first-order valence-corrected chi connectivity index (χ1v) is 8.14. The summed E-state index contributed by atoms with van der Waals surface area (Å²) in [6.07, 6.45) is 1.06. The second-order valence-corrected chi connectivity index (χ2v) is 7.35. The molecule has 2 amide bonds. The second-order valence-electron chi connectivity index (χ2n) is 7.35. The van der Waals surface area contributed by atoms with Gasteiger partial charge in [0.25, 0.3) is 0 Å². The number of aliphatic hydroxyl groups excluding tert-OH is 1. The Bertz CT molecular complexity index is 822. The molecule has 0 radical (unpaired) electrons. The van der Waals surface area contributed by atoms with Crippen LogP contribution in [0.5, 0.6) is 0 Å². The minimum absolute atomic E-state index is 0.0195. The zero-order valence-corrected chi connectivity index (χ0v) is 14.5. The molecule has 1 saturated heterocycles. The summed E-state index contributed by atoms with van der Waals surface area (Å²) in [5, 5.41) is 10.4. The Kier molecular flexibility index (Phi) is 3.95. The van der Waals surface area contributed by atoms with E-state index in [2.05, 4.69) is 4.98 Å². The quantitative estimate of drug-likeness (QED) is 0.868. The van der Waals surface area contributed by atoms with Crippen molar-refractivity contribution in [2.45, 2.75) is 46.8 Å². The molecule has 0 aliphatic carbocycles. The van der Waals surface area contributed by atoms with Gasteiger partial charge in [-0.1, -0.05) is 13.8 Å². The Hall–Kier alpha value is -2.21. The van der Waals surface area contributed by atoms with Gasteiger partial charge >= 0.3 is 0 Å². The van der Waals surface area contributed by atoms with E-state index in [0.717, 1.165) is 16.6 Å². The van der Waals surface area contributed by atoms with Gasteiger partial charge in [0.05, 0.1) is 42.0 Å². The Labute approximate surface area is 141 Å². The van der Waals surface area contributed by atoms with E-state index < -0.39 is 11.5 Å².